The Morgan fingerprint density at radius 3 is 2.48 bits per heavy atom. The third kappa shape index (κ3) is 4.83. The van der Waals surface area contributed by atoms with Crippen LogP contribution in [-0.2, 0) is 4.79 Å². The lowest BCUT2D eigenvalue weighted by Gasteiger charge is -2.08. The number of carbonyl (C=O) groups is 1. The molecule has 0 saturated carbocycles. The van der Waals surface area contributed by atoms with E-state index in [1.807, 2.05) is 32.0 Å². The molecule has 0 aliphatic heterocycles. The molecule has 2 aromatic rings. The van der Waals surface area contributed by atoms with E-state index in [0.29, 0.717) is 5.02 Å². The number of benzene rings is 2. The van der Waals surface area contributed by atoms with Crippen molar-refractivity contribution < 1.29 is 4.79 Å². The average Bonchev–Trinajstić information content (AvgIpc) is 2.49. The van der Waals surface area contributed by atoms with E-state index in [0.717, 1.165) is 22.4 Å². The molecule has 5 heteroatoms. The van der Waals surface area contributed by atoms with Gasteiger partial charge in [-0.05, 0) is 44.0 Å². The van der Waals surface area contributed by atoms with E-state index >= 15 is 0 Å². The van der Waals surface area contributed by atoms with Gasteiger partial charge < -0.3 is 5.32 Å². The van der Waals surface area contributed by atoms with Crippen molar-refractivity contribution >= 4 is 29.4 Å². The molecule has 0 radical (unpaired) electrons. The van der Waals surface area contributed by atoms with Crippen LogP contribution in [0.25, 0.3) is 0 Å². The number of nitrogens with one attached hydrogen (secondary N) is 2. The zero-order chi connectivity index (χ0) is 16.8. The molecule has 0 aliphatic carbocycles. The highest BCUT2D eigenvalue weighted by atomic mass is 35.5. The number of anilines is 1. The lowest BCUT2D eigenvalue weighted by Crippen LogP contribution is -2.26. The lowest BCUT2D eigenvalue weighted by atomic mass is 10.0. The first-order valence-corrected chi connectivity index (χ1v) is 7.73. The maximum absolute atomic E-state index is 11.8. The molecule has 23 heavy (non-hydrogen) atoms. The third-order valence-electron chi connectivity index (χ3n) is 3.43. The van der Waals surface area contributed by atoms with Gasteiger partial charge in [-0.15, -0.1) is 0 Å². The van der Waals surface area contributed by atoms with Crippen LogP contribution in [0, 0.1) is 20.8 Å². The molecule has 2 aromatic carbocycles. The van der Waals surface area contributed by atoms with Gasteiger partial charge in [-0.2, -0.15) is 5.10 Å². The monoisotopic (exact) mass is 329 g/mol. The van der Waals surface area contributed by atoms with E-state index in [1.54, 1.807) is 12.3 Å². The second-order valence-corrected chi connectivity index (χ2v) is 5.85. The molecular formula is C18H20ClN3O. The van der Waals surface area contributed by atoms with Crippen molar-refractivity contribution in [3.63, 3.8) is 0 Å². The Morgan fingerprint density at radius 1 is 1.17 bits per heavy atom. The maximum Gasteiger partial charge on any atom is 0.259 e. The predicted molar refractivity (Wildman–Crippen MR) is 96.3 cm³/mol. The number of rotatable bonds is 5. The highest BCUT2D eigenvalue weighted by molar-refractivity contribution is 6.33. The second kappa shape index (κ2) is 7.79. The first kappa shape index (κ1) is 17.0. The van der Waals surface area contributed by atoms with Gasteiger partial charge in [0.1, 0.15) is 0 Å². The summed E-state index contributed by atoms with van der Waals surface area (Å²) < 4.78 is 0. The van der Waals surface area contributed by atoms with Crippen LogP contribution in [0.15, 0.2) is 41.5 Å². The van der Waals surface area contributed by atoms with E-state index in [-0.39, 0.29) is 12.5 Å². The number of aryl methyl sites for hydroxylation is 3. The molecule has 0 atom stereocenters. The van der Waals surface area contributed by atoms with Crippen LogP contribution in [0.5, 0.6) is 0 Å². The number of hydrogen-bond acceptors (Lipinski definition) is 3. The van der Waals surface area contributed by atoms with Crippen LogP contribution in [0.4, 0.5) is 5.69 Å². The minimum Gasteiger partial charge on any atom is -0.375 e. The largest absolute Gasteiger partial charge is 0.375 e. The topological polar surface area (TPSA) is 53.5 Å². The first-order valence-electron chi connectivity index (χ1n) is 7.35. The van der Waals surface area contributed by atoms with Gasteiger partial charge in [0.15, 0.2) is 0 Å². The van der Waals surface area contributed by atoms with Crippen LogP contribution in [0.3, 0.4) is 0 Å². The molecule has 0 spiro atoms. The first-order chi connectivity index (χ1) is 11.0. The SMILES string of the molecule is Cc1cc(C)c(C=NNC(=O)CNc2ccccc2Cl)c(C)c1. The third-order valence-corrected chi connectivity index (χ3v) is 3.76. The van der Waals surface area contributed by atoms with Gasteiger partial charge in [0, 0.05) is 5.56 Å². The van der Waals surface area contributed by atoms with Crippen molar-refractivity contribution in [3.05, 3.63) is 63.7 Å². The lowest BCUT2D eigenvalue weighted by molar-refractivity contribution is -0.119. The number of amides is 1. The Hall–Kier alpha value is -2.33. The Labute approximate surface area is 141 Å². The molecule has 1 amide bonds. The fraction of sp³-hybridized carbons (Fsp3) is 0.222. The number of para-hydroxylation sites is 1. The Kier molecular flexibility index (Phi) is 5.77. The summed E-state index contributed by atoms with van der Waals surface area (Å²) in [5.41, 5.74) is 7.74. The van der Waals surface area contributed by atoms with E-state index in [2.05, 4.69) is 34.9 Å². The summed E-state index contributed by atoms with van der Waals surface area (Å²) in [6, 6.07) is 11.5. The minimum atomic E-state index is -0.233. The number of hydrazone groups is 1. The highest BCUT2D eigenvalue weighted by Crippen LogP contribution is 2.19. The Morgan fingerprint density at radius 2 is 1.83 bits per heavy atom. The maximum atomic E-state index is 11.8. The van der Waals surface area contributed by atoms with E-state index < -0.39 is 0 Å². The molecule has 0 bridgehead atoms. The van der Waals surface area contributed by atoms with Gasteiger partial charge in [-0.1, -0.05) is 41.4 Å². The fourth-order valence-electron chi connectivity index (χ4n) is 2.38. The number of nitrogens with zero attached hydrogens (tertiary/aromatic N) is 1. The van der Waals surface area contributed by atoms with Gasteiger partial charge in [-0.25, -0.2) is 5.43 Å². The number of hydrogen-bond donors (Lipinski definition) is 2. The van der Waals surface area contributed by atoms with Crippen molar-refractivity contribution in [1.82, 2.24) is 5.43 Å². The molecule has 2 rings (SSSR count). The Bertz CT molecular complexity index is 718. The molecular weight excluding hydrogens is 310 g/mol. The van der Waals surface area contributed by atoms with Gasteiger partial charge in [0.25, 0.3) is 5.91 Å². The summed E-state index contributed by atoms with van der Waals surface area (Å²) in [6.07, 6.45) is 1.68. The van der Waals surface area contributed by atoms with Crippen molar-refractivity contribution in [2.45, 2.75) is 20.8 Å². The van der Waals surface area contributed by atoms with Crippen LogP contribution < -0.4 is 10.7 Å². The number of carbonyl (C=O) groups excluding carboxylic acids is 1. The molecule has 0 aromatic heterocycles. The normalized spacial score (nSPS) is 10.8. The summed E-state index contributed by atoms with van der Waals surface area (Å²) in [7, 11) is 0. The smallest absolute Gasteiger partial charge is 0.259 e. The van der Waals surface area contributed by atoms with E-state index in [4.69, 9.17) is 11.6 Å². The van der Waals surface area contributed by atoms with Crippen molar-refractivity contribution in [3.8, 4) is 0 Å². The van der Waals surface area contributed by atoms with Gasteiger partial charge in [0.2, 0.25) is 0 Å². The van der Waals surface area contributed by atoms with E-state index in [1.165, 1.54) is 5.56 Å². The summed E-state index contributed by atoms with van der Waals surface area (Å²) in [4.78, 5) is 11.8. The summed E-state index contributed by atoms with van der Waals surface area (Å²) in [6.45, 7) is 6.22. The molecule has 0 heterocycles. The minimum absolute atomic E-state index is 0.104. The molecule has 4 nitrogen and oxygen atoms in total. The van der Waals surface area contributed by atoms with Crippen molar-refractivity contribution in [2.75, 3.05) is 11.9 Å². The molecule has 0 saturated heterocycles. The zero-order valence-corrected chi connectivity index (χ0v) is 14.2. The van der Waals surface area contributed by atoms with Crippen LogP contribution >= 0.6 is 11.6 Å². The highest BCUT2D eigenvalue weighted by Gasteiger charge is 2.03. The second-order valence-electron chi connectivity index (χ2n) is 5.44. The summed E-state index contributed by atoms with van der Waals surface area (Å²) >= 11 is 6.02. The summed E-state index contributed by atoms with van der Waals surface area (Å²) in [5, 5.41) is 7.58. The molecule has 0 unspecified atom stereocenters. The fourth-order valence-corrected chi connectivity index (χ4v) is 2.59. The predicted octanol–water partition coefficient (Wildman–Crippen LogP) is 3.83. The molecule has 0 fully saturated rings. The van der Waals surface area contributed by atoms with Gasteiger partial charge in [0.05, 0.1) is 23.5 Å². The van der Waals surface area contributed by atoms with Crippen LogP contribution in [0.1, 0.15) is 22.3 Å². The zero-order valence-electron chi connectivity index (χ0n) is 13.5. The van der Waals surface area contributed by atoms with E-state index in [9.17, 15) is 4.79 Å². The van der Waals surface area contributed by atoms with Crippen molar-refractivity contribution in [2.24, 2.45) is 5.10 Å². The van der Waals surface area contributed by atoms with Gasteiger partial charge in [-0.3, -0.25) is 4.79 Å². The van der Waals surface area contributed by atoms with Crippen molar-refractivity contribution in [1.29, 1.82) is 0 Å². The molecule has 2 N–H and O–H groups in total. The molecule has 0 aliphatic rings. The average molecular weight is 330 g/mol. The quantitative estimate of drug-likeness (QED) is 0.647. The van der Waals surface area contributed by atoms with Gasteiger partial charge >= 0.3 is 0 Å². The van der Waals surface area contributed by atoms with Crippen LogP contribution in [0.2, 0.25) is 5.02 Å². The standard InChI is InChI=1S/C18H20ClN3O/c1-12-8-13(2)15(14(3)9-12)10-21-22-18(23)11-20-17-7-5-4-6-16(17)19/h4-10,20H,11H2,1-3H3,(H,22,23). The van der Waals surface area contributed by atoms with Crippen LogP contribution in [-0.4, -0.2) is 18.7 Å². The number of halogens is 1. The molecule has 120 valence electrons. The Balaban J connectivity index is 1.91. The summed E-state index contributed by atoms with van der Waals surface area (Å²) in [5.74, 6) is -0.233.